The first-order chi connectivity index (χ1) is 7.18. The molecule has 1 N–H and O–H groups in total. The minimum Gasteiger partial charge on any atom is -0.508 e. The van der Waals surface area contributed by atoms with Crippen molar-refractivity contribution in [3.63, 3.8) is 0 Å². The predicted octanol–water partition coefficient (Wildman–Crippen LogP) is 3.58. The van der Waals surface area contributed by atoms with Crippen LogP contribution < -0.4 is 0 Å². The number of aromatic hydroxyl groups is 1. The molecule has 2 aromatic rings. The maximum atomic E-state index is 9.46. The molecule has 2 nitrogen and oxygen atoms in total. The number of aromatic nitrogens is 1. The number of aryl methyl sites for hydroxylation is 2. The van der Waals surface area contributed by atoms with E-state index in [2.05, 4.69) is 4.98 Å². The van der Waals surface area contributed by atoms with Crippen molar-refractivity contribution in [3.8, 4) is 5.75 Å². The van der Waals surface area contributed by atoms with Gasteiger partial charge in [0, 0.05) is 16.6 Å². The summed E-state index contributed by atoms with van der Waals surface area (Å²) in [4.78, 5) is 4.37. The summed E-state index contributed by atoms with van der Waals surface area (Å²) < 4.78 is 0. The molecule has 1 heterocycles. The number of hydrogen-bond donors (Lipinski definition) is 1. The molecular formula is C13H17NO. The Labute approximate surface area is 90.6 Å². The third-order valence-corrected chi connectivity index (χ3v) is 2.25. The Balaban J connectivity index is 0.000000531. The number of fused-ring (bicyclic) bond motifs is 1. The molecule has 1 aromatic carbocycles. The topological polar surface area (TPSA) is 33.1 Å². The summed E-state index contributed by atoms with van der Waals surface area (Å²) in [6, 6.07) is 7.47. The summed E-state index contributed by atoms with van der Waals surface area (Å²) in [5.41, 5.74) is 2.83. The molecule has 0 saturated heterocycles. The summed E-state index contributed by atoms with van der Waals surface area (Å²) in [5.74, 6) is 0.332. The number of rotatable bonds is 0. The van der Waals surface area contributed by atoms with Crippen LogP contribution in [0.3, 0.4) is 0 Å². The van der Waals surface area contributed by atoms with Crippen LogP contribution in [0.25, 0.3) is 10.9 Å². The predicted molar refractivity (Wildman–Crippen MR) is 64.2 cm³/mol. The van der Waals surface area contributed by atoms with Crippen molar-refractivity contribution in [1.82, 2.24) is 4.98 Å². The maximum absolute atomic E-state index is 9.46. The maximum Gasteiger partial charge on any atom is 0.119 e. The Hall–Kier alpha value is -1.57. The van der Waals surface area contributed by atoms with Crippen LogP contribution >= 0.6 is 0 Å². The number of phenols is 1. The fourth-order valence-corrected chi connectivity index (χ4v) is 1.44. The van der Waals surface area contributed by atoms with Crippen molar-refractivity contribution in [3.05, 3.63) is 35.5 Å². The standard InChI is InChI=1S/C11H11NO.C2H6/c1-7-3-4-9-8(2)11(13)6-5-10(9)12-7;1-2/h3-6,13H,1-2H3;1-2H3. The van der Waals surface area contributed by atoms with Gasteiger partial charge >= 0.3 is 0 Å². The zero-order chi connectivity index (χ0) is 11.4. The highest BCUT2D eigenvalue weighted by molar-refractivity contribution is 5.84. The SMILES string of the molecule is CC.Cc1ccc2c(C)c(O)ccc2n1. The fourth-order valence-electron chi connectivity index (χ4n) is 1.44. The van der Waals surface area contributed by atoms with Crippen molar-refractivity contribution in [2.75, 3.05) is 0 Å². The normalized spacial score (nSPS) is 9.60. The summed E-state index contributed by atoms with van der Waals surface area (Å²) >= 11 is 0. The molecule has 0 radical (unpaired) electrons. The van der Waals surface area contributed by atoms with Gasteiger partial charge in [-0.2, -0.15) is 0 Å². The van der Waals surface area contributed by atoms with Crippen LogP contribution in [0, 0.1) is 13.8 Å². The number of benzene rings is 1. The molecule has 0 aliphatic heterocycles. The molecule has 0 bridgehead atoms. The van der Waals surface area contributed by atoms with E-state index >= 15 is 0 Å². The van der Waals surface area contributed by atoms with Crippen molar-refractivity contribution in [2.24, 2.45) is 0 Å². The average molecular weight is 203 g/mol. The highest BCUT2D eigenvalue weighted by Gasteiger charge is 2.02. The second-order valence-electron chi connectivity index (χ2n) is 3.23. The number of pyridine rings is 1. The van der Waals surface area contributed by atoms with E-state index in [1.807, 2.05) is 45.9 Å². The van der Waals surface area contributed by atoms with Gasteiger partial charge in [0.05, 0.1) is 5.52 Å². The van der Waals surface area contributed by atoms with E-state index in [0.717, 1.165) is 22.2 Å². The minimum atomic E-state index is 0.332. The lowest BCUT2D eigenvalue weighted by Gasteiger charge is -2.03. The van der Waals surface area contributed by atoms with Gasteiger partial charge in [0.2, 0.25) is 0 Å². The van der Waals surface area contributed by atoms with E-state index in [4.69, 9.17) is 0 Å². The molecule has 0 aliphatic carbocycles. The van der Waals surface area contributed by atoms with E-state index in [0.29, 0.717) is 5.75 Å². The van der Waals surface area contributed by atoms with Crippen LogP contribution in [-0.2, 0) is 0 Å². The van der Waals surface area contributed by atoms with Crippen LogP contribution in [0.4, 0.5) is 0 Å². The van der Waals surface area contributed by atoms with Gasteiger partial charge in [-0.3, -0.25) is 4.98 Å². The van der Waals surface area contributed by atoms with Gasteiger partial charge < -0.3 is 5.11 Å². The van der Waals surface area contributed by atoms with Crippen LogP contribution in [0.15, 0.2) is 24.3 Å². The number of nitrogens with zero attached hydrogens (tertiary/aromatic N) is 1. The molecule has 0 amide bonds. The monoisotopic (exact) mass is 203 g/mol. The molecule has 0 saturated carbocycles. The highest BCUT2D eigenvalue weighted by atomic mass is 16.3. The summed E-state index contributed by atoms with van der Waals surface area (Å²) in [5, 5.41) is 10.5. The first-order valence-electron chi connectivity index (χ1n) is 5.24. The first-order valence-corrected chi connectivity index (χ1v) is 5.24. The third kappa shape index (κ3) is 2.27. The lowest BCUT2D eigenvalue weighted by Crippen LogP contribution is -1.85. The molecule has 1 aromatic heterocycles. The lowest BCUT2D eigenvalue weighted by atomic mass is 10.1. The van der Waals surface area contributed by atoms with Crippen molar-refractivity contribution < 1.29 is 5.11 Å². The minimum absolute atomic E-state index is 0.332. The van der Waals surface area contributed by atoms with Crippen molar-refractivity contribution >= 4 is 10.9 Å². The zero-order valence-electron chi connectivity index (χ0n) is 9.70. The third-order valence-electron chi connectivity index (χ3n) is 2.25. The fraction of sp³-hybridized carbons (Fsp3) is 0.308. The molecule has 80 valence electrons. The van der Waals surface area contributed by atoms with Gasteiger partial charge in [-0.25, -0.2) is 0 Å². The average Bonchev–Trinajstić information content (AvgIpc) is 2.26. The molecule has 0 unspecified atom stereocenters. The van der Waals surface area contributed by atoms with Crippen LogP contribution in [0.5, 0.6) is 5.75 Å². The number of phenolic OH excluding ortho intramolecular Hbond substituents is 1. The van der Waals surface area contributed by atoms with Gasteiger partial charge in [-0.05, 0) is 32.0 Å². The first kappa shape index (κ1) is 11.5. The van der Waals surface area contributed by atoms with E-state index in [9.17, 15) is 5.11 Å². The molecule has 2 rings (SSSR count). The molecule has 0 aliphatic rings. The van der Waals surface area contributed by atoms with Gasteiger partial charge in [0.1, 0.15) is 5.75 Å². The van der Waals surface area contributed by atoms with Crippen LogP contribution in [0.1, 0.15) is 25.1 Å². The second-order valence-corrected chi connectivity index (χ2v) is 3.23. The number of hydrogen-bond acceptors (Lipinski definition) is 2. The molecule has 15 heavy (non-hydrogen) atoms. The highest BCUT2D eigenvalue weighted by Crippen LogP contribution is 2.24. The Bertz CT molecular complexity index is 463. The lowest BCUT2D eigenvalue weighted by molar-refractivity contribution is 0.472. The smallest absolute Gasteiger partial charge is 0.119 e. The molecular weight excluding hydrogens is 186 g/mol. The Kier molecular flexibility index (Phi) is 3.67. The summed E-state index contributed by atoms with van der Waals surface area (Å²) in [6.45, 7) is 7.86. The van der Waals surface area contributed by atoms with E-state index < -0.39 is 0 Å². The van der Waals surface area contributed by atoms with Crippen molar-refractivity contribution in [1.29, 1.82) is 0 Å². The largest absolute Gasteiger partial charge is 0.508 e. The van der Waals surface area contributed by atoms with Crippen LogP contribution in [0.2, 0.25) is 0 Å². The van der Waals surface area contributed by atoms with Gasteiger partial charge in [0.15, 0.2) is 0 Å². The Morgan fingerprint density at radius 2 is 1.67 bits per heavy atom. The zero-order valence-corrected chi connectivity index (χ0v) is 9.70. The van der Waals surface area contributed by atoms with E-state index in [-0.39, 0.29) is 0 Å². The van der Waals surface area contributed by atoms with Crippen LogP contribution in [-0.4, -0.2) is 10.1 Å². The second kappa shape index (κ2) is 4.78. The summed E-state index contributed by atoms with van der Waals surface area (Å²) in [6.07, 6.45) is 0. The molecule has 0 atom stereocenters. The molecule has 0 spiro atoms. The van der Waals surface area contributed by atoms with Crippen molar-refractivity contribution in [2.45, 2.75) is 27.7 Å². The van der Waals surface area contributed by atoms with Gasteiger partial charge in [-0.15, -0.1) is 0 Å². The van der Waals surface area contributed by atoms with E-state index in [1.165, 1.54) is 0 Å². The Morgan fingerprint density at radius 1 is 1.00 bits per heavy atom. The molecule has 2 heteroatoms. The Morgan fingerprint density at radius 3 is 2.33 bits per heavy atom. The quantitative estimate of drug-likeness (QED) is 0.709. The summed E-state index contributed by atoms with van der Waals surface area (Å²) in [7, 11) is 0. The van der Waals surface area contributed by atoms with E-state index in [1.54, 1.807) is 6.07 Å². The van der Waals surface area contributed by atoms with Gasteiger partial charge in [-0.1, -0.05) is 19.9 Å². The van der Waals surface area contributed by atoms with Gasteiger partial charge in [0.25, 0.3) is 0 Å². The molecule has 0 fully saturated rings.